The number of para-hydroxylation sites is 1. The van der Waals surface area contributed by atoms with Gasteiger partial charge in [-0.25, -0.2) is 8.78 Å². The molecular weight excluding hydrogens is 3480 g/mol. The van der Waals surface area contributed by atoms with Crippen molar-refractivity contribution in [2.45, 2.75) is 63.3 Å². The molecule has 0 spiro atoms. The van der Waals surface area contributed by atoms with E-state index < -0.39 is 0 Å². The first-order valence-electron chi connectivity index (χ1n) is 43.3. The molecule has 0 saturated heterocycles. The first-order chi connectivity index (χ1) is 68.8. The molecule has 0 aromatic heterocycles. The van der Waals surface area contributed by atoms with Crippen LogP contribution < -0.4 is 9.47 Å². The van der Waals surface area contributed by atoms with Crippen molar-refractivity contribution in [3.63, 3.8) is 0 Å². The number of ether oxygens (including phenoxy) is 2. The fourth-order valence-corrected chi connectivity index (χ4v) is 18.6. The van der Waals surface area contributed by atoms with E-state index in [9.17, 15) is 18.9 Å². The molecule has 0 atom stereocenters. The summed E-state index contributed by atoms with van der Waals surface area (Å²) in [5, 5.41) is 15.4. The Labute approximate surface area is 1070 Å². The number of halogens is 20. The topological polar surface area (TPSA) is 61.6 Å². The molecule has 0 aliphatic rings. The average Bonchev–Trinajstić information content (AvgIpc) is 0.843. The lowest BCUT2D eigenvalue weighted by Gasteiger charge is -1.97. The highest BCUT2D eigenvalue weighted by molar-refractivity contribution is 14.1. The lowest BCUT2D eigenvalue weighted by molar-refractivity contribution is -0.385. The molecule has 0 aliphatic carbocycles. The molecule has 0 aliphatic heterocycles. The first-order valence-corrected chi connectivity index (χ1v) is 60.4. The Kier molecular flexibility index (Phi) is 82.3. The third-order valence-corrected chi connectivity index (χ3v) is 30.2. The molecule has 0 amide bonds. The monoisotopic (exact) mass is 3580 g/mol. The zero-order valence-electron chi connectivity index (χ0n) is 79.5. The molecule has 0 radical (unpaired) electrons. The second-order valence-electron chi connectivity index (χ2n) is 29.3. The van der Waals surface area contributed by atoms with Crippen LogP contribution in [0.1, 0.15) is 53.8 Å². The molecule has 0 fully saturated rings. The van der Waals surface area contributed by atoms with Crippen LogP contribution in [0.2, 0.25) is 0 Å². The lowest BCUT2D eigenvalue weighted by Crippen LogP contribution is -1.89. The zero-order chi connectivity index (χ0) is 106. The van der Waals surface area contributed by atoms with E-state index in [4.69, 9.17) is 9.47 Å². The third-order valence-electron chi connectivity index (χ3n) is 17.6. The van der Waals surface area contributed by atoms with Gasteiger partial charge in [-0.15, -0.1) is 0 Å². The van der Waals surface area contributed by atoms with E-state index in [1.807, 2.05) is 186 Å². The number of rotatable bonds is 3. The number of nitro groups is 1. The average molecular weight is 3590 g/mol. The summed E-state index contributed by atoms with van der Waals surface area (Å²) in [6.07, 6.45) is 0. The Hall–Kier alpha value is -4.30. The van der Waals surface area contributed by atoms with Crippen LogP contribution in [0, 0.1) is 106 Å². The van der Waals surface area contributed by atoms with Crippen LogP contribution in [0.25, 0.3) is 21.5 Å². The van der Waals surface area contributed by atoms with Crippen LogP contribution >= 0.6 is 353 Å². The number of hydrogen-bond acceptors (Lipinski definition) is 4. The molecule has 0 unspecified atom stereocenters. The number of methoxy groups -OCH3 is 2. The molecule has 0 N–H and O–H groups in total. The largest absolute Gasteiger partial charge is 0.497 e. The van der Waals surface area contributed by atoms with Gasteiger partial charge in [0, 0.05) is 74.0 Å². The molecule has 5 nitrogen and oxygen atoms in total. The molecule has 764 valence electrons. The second-order valence-corrected chi connectivity index (χ2v) is 48.7. The van der Waals surface area contributed by atoms with E-state index in [-0.39, 0.29) is 37.1 Å². The maximum Gasteiger partial charge on any atom is 0.282 e. The fraction of sp³-hybridized carbons (Fsp3) is 0.0909. The Morgan fingerprint density at radius 3 is 0.815 bits per heavy atom. The summed E-state index contributed by atoms with van der Waals surface area (Å²) in [7, 11) is 3.32. The van der Waals surface area contributed by atoms with E-state index in [0.29, 0.717) is 3.57 Å². The minimum atomic E-state index is -0.387. The highest BCUT2D eigenvalue weighted by Gasteiger charge is 2.08. The van der Waals surface area contributed by atoms with Gasteiger partial charge in [0.05, 0.1) is 22.7 Å². The lowest BCUT2D eigenvalue weighted by atomic mass is 10.1. The quantitative estimate of drug-likeness (QED) is 0.100. The highest BCUT2D eigenvalue weighted by atomic mass is 127. The number of nitrogens with zero attached hydrogens (tertiary/aromatic N) is 1. The number of aryl methyl sites for hydroxylation is 7. The van der Waals surface area contributed by atoms with E-state index in [0.717, 1.165) is 46.4 Å². The van der Waals surface area contributed by atoms with Gasteiger partial charge in [-0.2, -0.15) is 0 Å². The second kappa shape index (κ2) is 86.0. The molecule has 25 heteroatoms. The molecule has 0 bridgehead atoms. The van der Waals surface area contributed by atoms with Gasteiger partial charge in [0.15, 0.2) is 0 Å². The molecule has 0 heterocycles. The van der Waals surface area contributed by atoms with Crippen molar-refractivity contribution < 1.29 is 23.2 Å². The van der Waals surface area contributed by atoms with Gasteiger partial charge in [0.25, 0.3) is 5.69 Å². The predicted molar refractivity (Wildman–Crippen MR) is 740 cm³/mol. The van der Waals surface area contributed by atoms with Crippen molar-refractivity contribution in [3.05, 3.63) is 593 Å². The van der Waals surface area contributed by atoms with Gasteiger partial charge in [-0.05, 0) is 538 Å². The molecule has 19 rings (SSSR count). The van der Waals surface area contributed by atoms with Crippen molar-refractivity contribution in [2.75, 3.05) is 14.2 Å². The van der Waals surface area contributed by atoms with Gasteiger partial charge < -0.3 is 9.47 Å². The summed E-state index contributed by atoms with van der Waals surface area (Å²) >= 11 is 49.2. The SMILES string of the molecule is Brc1cccc(I)c1.Brc1cccc2ccccc12.Brc1ccccc1.C.C.COc1ccc(Br)cc1.COc1ccc(I)cc1.Cc1ccc(Br)cc1.Cc1ccc(I)cc1.Cc1cccc(Br)c1.Cc1cccc(I)c1.Cc1cccc(I)c1.Cc1ccccc1Br.Cc1ccccc1I.Fc1ccc(Br)cc1.Fc1ccc(I)cc1.Ic1cccc2ccccc12.Ic1ccccc1.O=[N+]([O-])c1ccccc1I. The van der Waals surface area contributed by atoms with Gasteiger partial charge in [-0.3, -0.25) is 10.1 Å². The number of benzene rings is 19. The Morgan fingerprint density at radius 2 is 0.514 bits per heavy atom. The number of fused-ring (bicyclic) bond motifs is 2. The summed E-state index contributed by atoms with van der Waals surface area (Å²) in [4.78, 5) is 9.84. The van der Waals surface area contributed by atoms with Crippen LogP contribution in [0.3, 0.4) is 0 Å². The van der Waals surface area contributed by atoms with Crippen molar-refractivity contribution in [1.29, 1.82) is 0 Å². The number of hydrogen-bond donors (Lipinski definition) is 0. The van der Waals surface area contributed by atoms with Crippen LogP contribution in [0.15, 0.2) is 497 Å². The predicted octanol–water partition coefficient (Wildman–Crippen LogP) is 46.8. The van der Waals surface area contributed by atoms with Crippen molar-refractivity contribution in [3.8, 4) is 11.5 Å². The summed E-state index contributed by atoms with van der Waals surface area (Å²) in [6, 6.07) is 151. The van der Waals surface area contributed by atoms with E-state index in [1.54, 1.807) is 56.7 Å². The maximum atomic E-state index is 12.1. The minimum Gasteiger partial charge on any atom is -0.497 e. The summed E-state index contributed by atoms with van der Waals surface area (Å²) in [5.74, 6) is 1.42. The van der Waals surface area contributed by atoms with Gasteiger partial charge in [0.2, 0.25) is 0 Å². The highest BCUT2D eigenvalue weighted by Crippen LogP contribution is 2.26. The smallest absolute Gasteiger partial charge is 0.282 e. The summed E-state index contributed by atoms with van der Waals surface area (Å²) in [6.45, 7) is 14.6. The Morgan fingerprint density at radius 1 is 0.233 bits per heavy atom. The van der Waals surface area contributed by atoms with Crippen molar-refractivity contribution in [2.24, 2.45) is 0 Å². The van der Waals surface area contributed by atoms with Crippen LogP contribution in [0.4, 0.5) is 14.5 Å². The molecule has 19 aromatic carbocycles. The molecule has 0 saturated carbocycles. The van der Waals surface area contributed by atoms with Gasteiger partial charge >= 0.3 is 0 Å². The van der Waals surface area contributed by atoms with E-state index in [2.05, 4.69) is 604 Å². The fourth-order valence-electron chi connectivity index (χ4n) is 10.2. The normalized spacial score (nSPS) is 9.21. The Balaban J connectivity index is 0.000000776. The van der Waals surface area contributed by atoms with E-state index >= 15 is 0 Å². The zero-order valence-corrected chi connectivity index (χ0v) is 114. The van der Waals surface area contributed by atoms with Gasteiger partial charge in [-0.1, -0.05) is 395 Å². The third kappa shape index (κ3) is 70.9. The molecule has 146 heavy (non-hydrogen) atoms. The molecule has 19 aromatic rings. The number of nitro benzene ring substituents is 1. The van der Waals surface area contributed by atoms with Gasteiger partial charge in [0.1, 0.15) is 23.1 Å². The summed E-state index contributed by atoms with van der Waals surface area (Å²) < 4.78 is 55.0. The van der Waals surface area contributed by atoms with Crippen LogP contribution in [0.5, 0.6) is 11.5 Å². The summed E-state index contributed by atoms with van der Waals surface area (Å²) in [5.41, 5.74) is 9.38. The van der Waals surface area contributed by atoms with Crippen LogP contribution in [-0.4, -0.2) is 19.1 Å². The molecular formula is C121H111Br8F2I10NO4. The minimum absolute atomic E-state index is 0. The first kappa shape index (κ1) is 140. The van der Waals surface area contributed by atoms with E-state index in [1.165, 1.54) is 124 Å². The van der Waals surface area contributed by atoms with Crippen LogP contribution in [-0.2, 0) is 0 Å². The van der Waals surface area contributed by atoms with Crippen molar-refractivity contribution in [1.82, 2.24) is 0 Å². The standard InChI is InChI=1S/C10H7Br.C10H7I.C7H7BrO.3C7H7Br.C7H7IO.4C7H7I.C6H4BrF.C6H4BrI.C6H5Br.C6H4FI.C6H4INO2.C6H5I.2CH4/c2*11-10-7-3-5-8-4-1-2-6-9(8)10;1-9-7-4-2-6(8)3-5-7;1-6-2-4-7(8)5-3-6;1-6-3-2-4-7(8)5-6;1-6-4-2-3-5-7(6)8;1-9-7-4-2-6(8)3-5-7;1-6-2-4-7(8)5-3-6;2*1-6-3-2-4-7(8)5-6;1-6-4-2-3-5-7(6)8;7-5-1-3-6(8)4-2-5;7-5-2-1-3-6(8)4-5;7-6-4-2-1-3-5-6;7-5-1-3-6(8)4-2-5;7-5-3-1-2-4-6(5)8(9)10;7-6-4-2-1-3-5-6;;/h2*1-7H;2-5H,1H3;3*2-5H,1H3;2-5H,1H3;4*2-5H,1H3;2*1-4H;1-5H;1-4H;1-4H;1-5H;2*1H4. The maximum absolute atomic E-state index is 12.1. The van der Waals surface area contributed by atoms with Crippen molar-refractivity contribution >= 4 is 381 Å². The Bertz CT molecular complexity index is 5970.